The SMILES string of the molecule is CCOc1cc(C(C)N2CCC[C@H](Cc3cc(C)nc(C)c3)C2)n(C)n1. The van der Waals surface area contributed by atoms with E-state index in [4.69, 9.17) is 4.74 Å². The number of rotatable bonds is 6. The Morgan fingerprint density at radius 2 is 1.96 bits per heavy atom. The lowest BCUT2D eigenvalue weighted by molar-refractivity contribution is 0.127. The van der Waals surface area contributed by atoms with Crippen LogP contribution in [-0.4, -0.2) is 39.4 Å². The van der Waals surface area contributed by atoms with Gasteiger partial charge in [-0.3, -0.25) is 14.6 Å². The molecule has 1 aliphatic heterocycles. The van der Waals surface area contributed by atoms with Crippen molar-refractivity contribution in [3.8, 4) is 5.88 Å². The van der Waals surface area contributed by atoms with Crippen molar-refractivity contribution < 1.29 is 4.74 Å². The zero-order valence-corrected chi connectivity index (χ0v) is 16.8. The van der Waals surface area contributed by atoms with Crippen molar-refractivity contribution in [2.24, 2.45) is 13.0 Å². The highest BCUT2D eigenvalue weighted by Crippen LogP contribution is 2.29. The summed E-state index contributed by atoms with van der Waals surface area (Å²) in [5.41, 5.74) is 4.90. The Hall–Kier alpha value is -1.88. The predicted molar refractivity (Wildman–Crippen MR) is 105 cm³/mol. The summed E-state index contributed by atoms with van der Waals surface area (Å²) >= 11 is 0. The van der Waals surface area contributed by atoms with Gasteiger partial charge in [0, 0.05) is 37.1 Å². The molecule has 1 saturated heterocycles. The van der Waals surface area contributed by atoms with E-state index in [2.05, 4.69) is 54.0 Å². The van der Waals surface area contributed by atoms with Crippen LogP contribution in [0.4, 0.5) is 0 Å². The summed E-state index contributed by atoms with van der Waals surface area (Å²) in [6.45, 7) is 11.4. The monoisotopic (exact) mass is 356 g/mol. The Morgan fingerprint density at radius 1 is 1.23 bits per heavy atom. The minimum absolute atomic E-state index is 0.352. The number of hydrogen-bond acceptors (Lipinski definition) is 4. The third-order valence-electron chi connectivity index (χ3n) is 5.38. The largest absolute Gasteiger partial charge is 0.477 e. The fourth-order valence-electron chi connectivity index (χ4n) is 4.24. The number of nitrogens with zero attached hydrogens (tertiary/aromatic N) is 4. The van der Waals surface area contributed by atoms with E-state index in [1.54, 1.807) is 0 Å². The molecule has 3 heterocycles. The van der Waals surface area contributed by atoms with Crippen LogP contribution in [0.15, 0.2) is 18.2 Å². The van der Waals surface area contributed by atoms with Gasteiger partial charge < -0.3 is 4.74 Å². The molecule has 0 N–H and O–H groups in total. The van der Waals surface area contributed by atoms with Gasteiger partial charge in [0.1, 0.15) is 0 Å². The van der Waals surface area contributed by atoms with E-state index in [0.717, 1.165) is 36.8 Å². The van der Waals surface area contributed by atoms with Crippen molar-refractivity contribution >= 4 is 0 Å². The lowest BCUT2D eigenvalue weighted by Gasteiger charge is -2.37. The Kier molecular flexibility index (Phi) is 5.97. The summed E-state index contributed by atoms with van der Waals surface area (Å²) in [6.07, 6.45) is 3.70. The second-order valence-electron chi connectivity index (χ2n) is 7.61. The van der Waals surface area contributed by atoms with E-state index < -0.39 is 0 Å². The number of likely N-dealkylation sites (tertiary alicyclic amines) is 1. The minimum atomic E-state index is 0.352. The molecule has 1 fully saturated rings. The van der Waals surface area contributed by atoms with Crippen LogP contribution in [0, 0.1) is 19.8 Å². The Morgan fingerprint density at radius 3 is 2.65 bits per heavy atom. The first-order valence-corrected chi connectivity index (χ1v) is 9.81. The van der Waals surface area contributed by atoms with Crippen LogP contribution in [0.3, 0.4) is 0 Å². The fourth-order valence-corrected chi connectivity index (χ4v) is 4.24. The van der Waals surface area contributed by atoms with Crippen LogP contribution in [0.25, 0.3) is 0 Å². The average molecular weight is 357 g/mol. The average Bonchev–Trinajstić information content (AvgIpc) is 2.94. The van der Waals surface area contributed by atoms with Gasteiger partial charge in [0.15, 0.2) is 0 Å². The van der Waals surface area contributed by atoms with Gasteiger partial charge in [-0.1, -0.05) is 0 Å². The zero-order valence-electron chi connectivity index (χ0n) is 16.8. The highest BCUT2D eigenvalue weighted by molar-refractivity contribution is 5.21. The predicted octanol–water partition coefficient (Wildman–Crippen LogP) is 3.85. The maximum Gasteiger partial charge on any atom is 0.233 e. The summed E-state index contributed by atoms with van der Waals surface area (Å²) < 4.78 is 7.54. The third-order valence-corrected chi connectivity index (χ3v) is 5.38. The summed E-state index contributed by atoms with van der Waals surface area (Å²) in [6, 6.07) is 6.92. The molecule has 2 aromatic heterocycles. The van der Waals surface area contributed by atoms with Crippen LogP contribution in [-0.2, 0) is 13.5 Å². The molecule has 0 aliphatic carbocycles. The Bertz CT molecular complexity index is 719. The summed E-state index contributed by atoms with van der Waals surface area (Å²) in [4.78, 5) is 7.10. The molecule has 5 heteroatoms. The van der Waals surface area contributed by atoms with Crippen LogP contribution in [0.1, 0.15) is 55.4 Å². The van der Waals surface area contributed by atoms with Crippen LogP contribution in [0.2, 0.25) is 0 Å². The second-order valence-corrected chi connectivity index (χ2v) is 7.61. The molecule has 1 unspecified atom stereocenters. The number of aryl methyl sites for hydroxylation is 3. The van der Waals surface area contributed by atoms with E-state index in [1.165, 1.54) is 24.1 Å². The van der Waals surface area contributed by atoms with Gasteiger partial charge >= 0.3 is 0 Å². The molecule has 0 saturated carbocycles. The molecule has 0 aromatic carbocycles. The molecule has 142 valence electrons. The van der Waals surface area contributed by atoms with Crippen LogP contribution >= 0.6 is 0 Å². The number of pyridine rings is 1. The van der Waals surface area contributed by atoms with Crippen molar-refractivity contribution in [1.29, 1.82) is 0 Å². The number of hydrogen-bond donors (Lipinski definition) is 0. The first kappa shape index (κ1) is 18.9. The number of aromatic nitrogens is 3. The summed E-state index contributed by atoms with van der Waals surface area (Å²) in [5.74, 6) is 1.43. The lowest BCUT2D eigenvalue weighted by atomic mass is 9.90. The first-order valence-electron chi connectivity index (χ1n) is 9.81. The van der Waals surface area contributed by atoms with Crippen molar-refractivity contribution in [2.45, 2.75) is 53.0 Å². The quantitative estimate of drug-likeness (QED) is 0.788. The van der Waals surface area contributed by atoms with Gasteiger partial charge in [-0.2, -0.15) is 0 Å². The van der Waals surface area contributed by atoms with Crippen molar-refractivity contribution in [2.75, 3.05) is 19.7 Å². The molecular formula is C21H32N4O. The van der Waals surface area contributed by atoms with Crippen LogP contribution < -0.4 is 4.74 Å². The second kappa shape index (κ2) is 8.21. The molecule has 2 aromatic rings. The molecule has 3 rings (SSSR count). The normalized spacial score (nSPS) is 19.5. The first-order chi connectivity index (χ1) is 12.5. The number of piperidine rings is 1. The molecular weight excluding hydrogens is 324 g/mol. The lowest BCUT2D eigenvalue weighted by Crippen LogP contribution is -2.38. The van der Waals surface area contributed by atoms with Gasteiger partial charge in [0.05, 0.1) is 12.3 Å². The molecule has 0 bridgehead atoms. The van der Waals surface area contributed by atoms with E-state index >= 15 is 0 Å². The standard InChI is InChI=1S/C21H32N4O/c1-6-26-21-13-20(24(5)23-21)17(4)25-9-7-8-18(14-25)12-19-10-15(2)22-16(3)11-19/h10-11,13,17-18H,6-9,12,14H2,1-5H3/t17?,18-/m1/s1. The van der Waals surface area contributed by atoms with Gasteiger partial charge in [-0.15, -0.1) is 5.10 Å². The van der Waals surface area contributed by atoms with Crippen molar-refractivity contribution in [3.05, 3.63) is 40.8 Å². The Balaban J connectivity index is 1.67. The zero-order chi connectivity index (χ0) is 18.7. The van der Waals surface area contributed by atoms with Gasteiger partial charge in [0.2, 0.25) is 5.88 Å². The molecule has 2 atom stereocenters. The van der Waals surface area contributed by atoms with E-state index in [1.807, 2.05) is 18.7 Å². The molecule has 0 radical (unpaired) electrons. The topological polar surface area (TPSA) is 43.2 Å². The molecule has 0 spiro atoms. The fraction of sp³-hybridized carbons (Fsp3) is 0.619. The molecule has 1 aliphatic rings. The van der Waals surface area contributed by atoms with Crippen molar-refractivity contribution in [1.82, 2.24) is 19.7 Å². The summed E-state index contributed by atoms with van der Waals surface area (Å²) in [7, 11) is 2.01. The van der Waals surface area contributed by atoms with Gasteiger partial charge in [-0.05, 0) is 77.1 Å². The van der Waals surface area contributed by atoms with E-state index in [-0.39, 0.29) is 0 Å². The molecule has 0 amide bonds. The molecule has 5 nitrogen and oxygen atoms in total. The van der Waals surface area contributed by atoms with Crippen LogP contribution in [0.5, 0.6) is 5.88 Å². The highest BCUT2D eigenvalue weighted by atomic mass is 16.5. The third kappa shape index (κ3) is 4.44. The van der Waals surface area contributed by atoms with Gasteiger partial charge in [-0.25, -0.2) is 0 Å². The van der Waals surface area contributed by atoms with E-state index in [9.17, 15) is 0 Å². The maximum atomic E-state index is 5.57. The molecule has 26 heavy (non-hydrogen) atoms. The maximum absolute atomic E-state index is 5.57. The number of ether oxygens (including phenoxy) is 1. The smallest absolute Gasteiger partial charge is 0.233 e. The minimum Gasteiger partial charge on any atom is -0.477 e. The van der Waals surface area contributed by atoms with Crippen molar-refractivity contribution in [3.63, 3.8) is 0 Å². The van der Waals surface area contributed by atoms with Gasteiger partial charge in [0.25, 0.3) is 0 Å². The van der Waals surface area contributed by atoms with E-state index in [0.29, 0.717) is 18.6 Å². The Labute approximate surface area is 157 Å². The summed E-state index contributed by atoms with van der Waals surface area (Å²) in [5, 5.41) is 4.48. The highest BCUT2D eigenvalue weighted by Gasteiger charge is 2.26.